The van der Waals surface area contributed by atoms with Gasteiger partial charge in [-0.05, 0) is 17.7 Å². The fourth-order valence-electron chi connectivity index (χ4n) is 1.54. The van der Waals surface area contributed by atoms with Gasteiger partial charge in [0.25, 0.3) is 0 Å². The minimum absolute atomic E-state index is 0.406. The van der Waals surface area contributed by atoms with Gasteiger partial charge in [-0.3, -0.25) is 0 Å². The average Bonchev–Trinajstić information content (AvgIpc) is 2.42. The molecule has 0 aliphatic heterocycles. The van der Waals surface area contributed by atoms with Gasteiger partial charge in [-0.1, -0.05) is 54.3 Å². The number of nitrogens with two attached hydrogens (primary N) is 1. The summed E-state index contributed by atoms with van der Waals surface area (Å²) in [5, 5.41) is 0. The average molecular weight is 237 g/mol. The highest BCUT2D eigenvalue weighted by molar-refractivity contribution is 5.55. The van der Waals surface area contributed by atoms with E-state index in [9.17, 15) is 0 Å². The van der Waals surface area contributed by atoms with Gasteiger partial charge in [-0.2, -0.15) is 0 Å². The van der Waals surface area contributed by atoms with Gasteiger partial charge in [0, 0.05) is 11.3 Å². The second kappa shape index (κ2) is 6.48. The SMILES string of the molecule is Nc1ccccc1C#CCOCc1ccccc1. The van der Waals surface area contributed by atoms with E-state index in [4.69, 9.17) is 10.5 Å². The summed E-state index contributed by atoms with van der Waals surface area (Å²) in [6.45, 7) is 0.989. The predicted octanol–water partition coefficient (Wildman–Crippen LogP) is 2.84. The first-order valence-electron chi connectivity index (χ1n) is 5.81. The smallest absolute Gasteiger partial charge is 0.108 e. The Hall–Kier alpha value is -2.24. The summed E-state index contributed by atoms with van der Waals surface area (Å²) in [5.41, 5.74) is 8.48. The molecule has 0 amide bonds. The largest absolute Gasteiger partial charge is 0.398 e. The molecule has 0 aromatic heterocycles. The Morgan fingerprint density at radius 1 is 0.944 bits per heavy atom. The van der Waals surface area contributed by atoms with E-state index in [1.165, 1.54) is 0 Å². The van der Waals surface area contributed by atoms with Crippen molar-refractivity contribution in [1.29, 1.82) is 0 Å². The molecule has 0 atom stereocenters. The van der Waals surface area contributed by atoms with Gasteiger partial charge in [0.15, 0.2) is 0 Å². The zero-order valence-electron chi connectivity index (χ0n) is 10.1. The number of ether oxygens (including phenoxy) is 1. The molecule has 2 aromatic carbocycles. The molecule has 90 valence electrons. The fraction of sp³-hybridized carbons (Fsp3) is 0.125. The lowest BCUT2D eigenvalue weighted by molar-refractivity contribution is 0.153. The number of hydrogen-bond acceptors (Lipinski definition) is 2. The first-order chi connectivity index (χ1) is 8.86. The van der Waals surface area contributed by atoms with Gasteiger partial charge >= 0.3 is 0 Å². The fourth-order valence-corrected chi connectivity index (χ4v) is 1.54. The van der Waals surface area contributed by atoms with Gasteiger partial charge < -0.3 is 10.5 Å². The molecule has 0 aliphatic carbocycles. The van der Waals surface area contributed by atoms with Crippen molar-refractivity contribution in [2.24, 2.45) is 0 Å². The summed E-state index contributed by atoms with van der Waals surface area (Å²) in [7, 11) is 0. The van der Waals surface area contributed by atoms with Crippen LogP contribution in [0.3, 0.4) is 0 Å². The summed E-state index contributed by atoms with van der Waals surface area (Å²) in [4.78, 5) is 0. The molecule has 0 saturated carbocycles. The summed E-state index contributed by atoms with van der Waals surface area (Å²) >= 11 is 0. The second-order valence-corrected chi connectivity index (χ2v) is 3.87. The molecule has 0 aliphatic rings. The molecule has 2 aromatic rings. The molecule has 0 radical (unpaired) electrons. The summed E-state index contributed by atoms with van der Waals surface area (Å²) < 4.78 is 5.47. The van der Waals surface area contributed by atoms with E-state index in [1.807, 2.05) is 54.6 Å². The highest BCUT2D eigenvalue weighted by Crippen LogP contribution is 2.07. The van der Waals surface area contributed by atoms with Crippen LogP contribution in [0.5, 0.6) is 0 Å². The standard InChI is InChI=1S/C16H15NO/c17-16-11-5-4-9-15(16)10-6-12-18-13-14-7-2-1-3-8-14/h1-5,7-9,11H,12-13,17H2. The summed E-state index contributed by atoms with van der Waals surface area (Å²) in [5.74, 6) is 5.96. The van der Waals surface area contributed by atoms with Crippen LogP contribution in [0.2, 0.25) is 0 Å². The van der Waals surface area contributed by atoms with Crippen molar-refractivity contribution in [1.82, 2.24) is 0 Å². The van der Waals surface area contributed by atoms with Gasteiger partial charge in [-0.25, -0.2) is 0 Å². The molecular weight excluding hydrogens is 222 g/mol. The Morgan fingerprint density at radius 2 is 1.67 bits per heavy atom. The zero-order chi connectivity index (χ0) is 12.6. The molecule has 0 saturated heterocycles. The molecule has 2 N–H and O–H groups in total. The van der Waals surface area contributed by atoms with E-state index in [0.29, 0.717) is 18.9 Å². The van der Waals surface area contributed by atoms with Gasteiger partial charge in [-0.15, -0.1) is 0 Å². The number of rotatable bonds is 3. The van der Waals surface area contributed by atoms with E-state index in [2.05, 4.69) is 11.8 Å². The Balaban J connectivity index is 1.82. The minimum atomic E-state index is 0.406. The number of anilines is 1. The number of nitrogen functional groups attached to an aromatic ring is 1. The quantitative estimate of drug-likeness (QED) is 0.506. The van der Waals surface area contributed by atoms with E-state index in [1.54, 1.807) is 0 Å². The van der Waals surface area contributed by atoms with E-state index in [0.717, 1.165) is 11.1 Å². The van der Waals surface area contributed by atoms with Crippen molar-refractivity contribution in [3.63, 3.8) is 0 Å². The van der Waals surface area contributed by atoms with Crippen molar-refractivity contribution >= 4 is 5.69 Å². The first kappa shape index (κ1) is 12.2. The van der Waals surface area contributed by atoms with Crippen molar-refractivity contribution in [3.05, 3.63) is 65.7 Å². The van der Waals surface area contributed by atoms with Crippen LogP contribution in [0.15, 0.2) is 54.6 Å². The molecule has 0 fully saturated rings. The second-order valence-electron chi connectivity index (χ2n) is 3.87. The molecule has 0 unspecified atom stereocenters. The molecule has 0 heterocycles. The maximum atomic E-state index is 5.78. The van der Waals surface area contributed by atoms with Crippen LogP contribution < -0.4 is 5.73 Å². The van der Waals surface area contributed by atoms with Gasteiger partial charge in [0.2, 0.25) is 0 Å². The van der Waals surface area contributed by atoms with Gasteiger partial charge in [0.05, 0.1) is 6.61 Å². The summed E-state index contributed by atoms with van der Waals surface area (Å²) in [6, 6.07) is 17.6. The molecule has 0 spiro atoms. The zero-order valence-corrected chi connectivity index (χ0v) is 10.1. The van der Waals surface area contributed by atoms with Crippen molar-refractivity contribution in [2.45, 2.75) is 6.61 Å². The molecular formula is C16H15NO. The van der Waals surface area contributed by atoms with Crippen LogP contribution in [0, 0.1) is 11.8 Å². The monoisotopic (exact) mass is 237 g/mol. The number of hydrogen-bond donors (Lipinski definition) is 1. The lowest BCUT2D eigenvalue weighted by Crippen LogP contribution is -1.93. The van der Waals surface area contributed by atoms with Crippen LogP contribution >= 0.6 is 0 Å². The Kier molecular flexibility index (Phi) is 4.40. The van der Waals surface area contributed by atoms with E-state index in [-0.39, 0.29) is 0 Å². The molecule has 2 heteroatoms. The third-order valence-corrected chi connectivity index (χ3v) is 2.47. The third-order valence-electron chi connectivity index (χ3n) is 2.47. The molecule has 2 rings (SSSR count). The Morgan fingerprint density at radius 3 is 2.44 bits per heavy atom. The lowest BCUT2D eigenvalue weighted by atomic mass is 10.2. The maximum absolute atomic E-state index is 5.78. The molecule has 18 heavy (non-hydrogen) atoms. The molecule has 2 nitrogen and oxygen atoms in total. The highest BCUT2D eigenvalue weighted by atomic mass is 16.5. The third kappa shape index (κ3) is 3.65. The van der Waals surface area contributed by atoms with Crippen molar-refractivity contribution in [3.8, 4) is 11.8 Å². The first-order valence-corrected chi connectivity index (χ1v) is 5.81. The molecule has 0 bridgehead atoms. The van der Waals surface area contributed by atoms with Crippen molar-refractivity contribution in [2.75, 3.05) is 12.3 Å². The van der Waals surface area contributed by atoms with Crippen LogP contribution in [-0.2, 0) is 11.3 Å². The number of benzene rings is 2. The normalized spacial score (nSPS) is 9.56. The van der Waals surface area contributed by atoms with Crippen LogP contribution in [0.1, 0.15) is 11.1 Å². The Bertz CT molecular complexity index is 552. The summed E-state index contributed by atoms with van der Waals surface area (Å²) in [6.07, 6.45) is 0. The van der Waals surface area contributed by atoms with Crippen LogP contribution in [0.25, 0.3) is 0 Å². The number of para-hydroxylation sites is 1. The predicted molar refractivity (Wildman–Crippen MR) is 73.8 cm³/mol. The maximum Gasteiger partial charge on any atom is 0.108 e. The van der Waals surface area contributed by atoms with E-state index >= 15 is 0 Å². The highest BCUT2D eigenvalue weighted by Gasteiger charge is 1.91. The topological polar surface area (TPSA) is 35.2 Å². The van der Waals surface area contributed by atoms with Crippen LogP contribution in [0.4, 0.5) is 5.69 Å². The van der Waals surface area contributed by atoms with Gasteiger partial charge in [0.1, 0.15) is 6.61 Å². The Labute approximate surface area is 107 Å². The minimum Gasteiger partial charge on any atom is -0.398 e. The van der Waals surface area contributed by atoms with Crippen molar-refractivity contribution < 1.29 is 4.74 Å². The lowest BCUT2D eigenvalue weighted by Gasteiger charge is -1.99. The van der Waals surface area contributed by atoms with Crippen LogP contribution in [-0.4, -0.2) is 6.61 Å². The van der Waals surface area contributed by atoms with E-state index < -0.39 is 0 Å².